The highest BCUT2D eigenvalue weighted by atomic mass is 35.5. The van der Waals surface area contributed by atoms with Crippen LogP contribution in [0.25, 0.3) is 0 Å². The second-order valence-corrected chi connectivity index (χ2v) is 5.13. The molecule has 1 rings (SSSR count). The zero-order valence-corrected chi connectivity index (χ0v) is 10.2. The van der Waals surface area contributed by atoms with Crippen LogP contribution in [-0.4, -0.2) is 15.0 Å². The molecule has 86 valence electrons. The zero-order valence-electron chi connectivity index (χ0n) is 7.91. The number of primary sulfonamides is 1. The van der Waals surface area contributed by atoms with Crippen LogP contribution >= 0.6 is 23.2 Å². The van der Waals surface area contributed by atoms with Crippen molar-refractivity contribution in [2.45, 2.75) is 4.90 Å². The molecule has 0 aliphatic carbocycles. The van der Waals surface area contributed by atoms with Gasteiger partial charge in [-0.25, -0.2) is 13.6 Å². The number of sulfonamides is 1. The Morgan fingerprint density at radius 2 is 1.88 bits per heavy atom. The molecule has 2 N–H and O–H groups in total. The van der Waals surface area contributed by atoms with E-state index in [1.807, 2.05) is 0 Å². The van der Waals surface area contributed by atoms with E-state index in [4.69, 9.17) is 39.5 Å². The van der Waals surface area contributed by atoms with Crippen LogP contribution in [0.5, 0.6) is 5.75 Å². The van der Waals surface area contributed by atoms with Gasteiger partial charge < -0.3 is 4.74 Å². The minimum atomic E-state index is -3.85. The minimum Gasteiger partial charge on any atom is -0.478 e. The first-order valence-electron chi connectivity index (χ1n) is 3.94. The monoisotopic (exact) mass is 279 g/mol. The number of nitrogens with two attached hydrogens (primary N) is 1. The van der Waals surface area contributed by atoms with Gasteiger partial charge in [0.05, 0.1) is 14.9 Å². The maximum Gasteiger partial charge on any atom is 0.238 e. The lowest BCUT2D eigenvalue weighted by atomic mass is 10.3. The predicted molar refractivity (Wildman–Crippen MR) is 62.2 cm³/mol. The molecule has 0 aromatic heterocycles. The van der Waals surface area contributed by atoms with Crippen molar-refractivity contribution in [2.24, 2.45) is 5.14 Å². The van der Waals surface area contributed by atoms with Crippen LogP contribution in [0.2, 0.25) is 10.0 Å². The first kappa shape index (κ1) is 13.1. The van der Waals surface area contributed by atoms with Gasteiger partial charge in [0.1, 0.15) is 6.61 Å². The zero-order chi connectivity index (χ0) is 12.3. The molecule has 7 heteroatoms. The minimum absolute atomic E-state index is 0.0197. The summed E-state index contributed by atoms with van der Waals surface area (Å²) >= 11 is 11.6. The molecule has 0 heterocycles. The molecular formula is C9H7Cl2NO3S. The predicted octanol–water partition coefficient (Wildman–Crippen LogP) is 1.65. The van der Waals surface area contributed by atoms with Gasteiger partial charge in [-0.15, -0.1) is 6.42 Å². The summed E-state index contributed by atoms with van der Waals surface area (Å²) < 4.78 is 27.1. The third-order valence-electron chi connectivity index (χ3n) is 1.60. The molecule has 0 radical (unpaired) electrons. The van der Waals surface area contributed by atoms with Gasteiger partial charge in [0.25, 0.3) is 0 Å². The van der Waals surface area contributed by atoms with Gasteiger partial charge in [-0.3, -0.25) is 0 Å². The fourth-order valence-corrected chi connectivity index (χ4v) is 2.24. The molecule has 0 aliphatic heterocycles. The second-order valence-electron chi connectivity index (χ2n) is 2.75. The summed E-state index contributed by atoms with van der Waals surface area (Å²) in [5, 5.41) is 4.99. The molecule has 16 heavy (non-hydrogen) atoms. The fourth-order valence-electron chi connectivity index (χ4n) is 0.953. The Morgan fingerprint density at radius 1 is 1.38 bits per heavy atom. The summed E-state index contributed by atoms with van der Waals surface area (Å²) in [6, 6.07) is 2.29. The van der Waals surface area contributed by atoms with E-state index in [1.54, 1.807) is 0 Å². The number of halogens is 2. The third kappa shape index (κ3) is 3.03. The van der Waals surface area contributed by atoms with Crippen molar-refractivity contribution in [2.75, 3.05) is 6.61 Å². The van der Waals surface area contributed by atoms with Crippen molar-refractivity contribution in [3.05, 3.63) is 22.2 Å². The van der Waals surface area contributed by atoms with E-state index in [9.17, 15) is 8.42 Å². The molecule has 1 aromatic rings. The molecule has 0 atom stereocenters. The molecule has 0 saturated carbocycles. The van der Waals surface area contributed by atoms with E-state index < -0.39 is 10.0 Å². The number of rotatable bonds is 3. The van der Waals surface area contributed by atoms with Crippen LogP contribution in [0.1, 0.15) is 0 Å². The number of ether oxygens (including phenoxy) is 1. The number of benzene rings is 1. The third-order valence-corrected chi connectivity index (χ3v) is 3.05. The van der Waals surface area contributed by atoms with Crippen LogP contribution in [0.15, 0.2) is 17.0 Å². The Kier molecular flexibility index (Phi) is 4.05. The standard InChI is InChI=1S/C9H7Cl2NO3S/c1-2-3-15-9-7(10)4-6(5-8(9)11)16(12,13)14/h1,4-5H,3H2,(H2,12,13,14). The number of hydrogen-bond acceptors (Lipinski definition) is 3. The molecular weight excluding hydrogens is 273 g/mol. The average molecular weight is 280 g/mol. The van der Waals surface area contributed by atoms with Crippen molar-refractivity contribution in [3.8, 4) is 18.1 Å². The normalized spacial score (nSPS) is 10.9. The van der Waals surface area contributed by atoms with E-state index in [0.29, 0.717) is 0 Å². The largest absolute Gasteiger partial charge is 0.478 e. The molecule has 0 unspecified atom stereocenters. The van der Waals surface area contributed by atoms with Crippen molar-refractivity contribution in [3.63, 3.8) is 0 Å². The highest BCUT2D eigenvalue weighted by molar-refractivity contribution is 7.89. The lowest BCUT2D eigenvalue weighted by Crippen LogP contribution is -2.12. The maximum atomic E-state index is 11.0. The molecule has 0 saturated heterocycles. The Hall–Kier alpha value is -0.930. The summed E-state index contributed by atoms with van der Waals surface area (Å²) in [4.78, 5) is -0.185. The molecule has 0 bridgehead atoms. The van der Waals surface area contributed by atoms with Crippen LogP contribution in [0.3, 0.4) is 0 Å². The molecule has 0 amide bonds. The first-order valence-corrected chi connectivity index (χ1v) is 6.24. The summed E-state index contributed by atoms with van der Waals surface area (Å²) in [6.07, 6.45) is 5.00. The van der Waals surface area contributed by atoms with Gasteiger partial charge in [-0.2, -0.15) is 0 Å². The van der Waals surface area contributed by atoms with E-state index in [-0.39, 0.29) is 27.3 Å². The summed E-state index contributed by atoms with van der Waals surface area (Å²) in [7, 11) is -3.85. The Morgan fingerprint density at radius 3 is 2.25 bits per heavy atom. The summed E-state index contributed by atoms with van der Waals surface area (Å²) in [5.41, 5.74) is 0. The maximum absolute atomic E-state index is 11.0. The Bertz CT molecular complexity index is 525. The molecule has 4 nitrogen and oxygen atoms in total. The SMILES string of the molecule is C#CCOc1c(Cl)cc(S(N)(=O)=O)cc1Cl. The molecule has 0 aliphatic rings. The average Bonchev–Trinajstić information content (AvgIpc) is 2.15. The van der Waals surface area contributed by atoms with Crippen molar-refractivity contribution >= 4 is 33.2 Å². The van der Waals surface area contributed by atoms with Crippen LogP contribution in [-0.2, 0) is 10.0 Å². The molecule has 0 fully saturated rings. The quantitative estimate of drug-likeness (QED) is 0.856. The first-order chi connectivity index (χ1) is 7.36. The molecule has 1 aromatic carbocycles. The smallest absolute Gasteiger partial charge is 0.238 e. The summed E-state index contributed by atoms with van der Waals surface area (Å²) in [5.74, 6) is 2.37. The van der Waals surface area contributed by atoms with E-state index >= 15 is 0 Å². The van der Waals surface area contributed by atoms with Gasteiger partial charge in [0.2, 0.25) is 10.0 Å². The Balaban J connectivity index is 3.24. The molecule has 0 spiro atoms. The number of terminal acetylenes is 1. The van der Waals surface area contributed by atoms with Crippen molar-refractivity contribution < 1.29 is 13.2 Å². The fraction of sp³-hybridized carbons (Fsp3) is 0.111. The second kappa shape index (κ2) is 4.93. The highest BCUT2D eigenvalue weighted by Gasteiger charge is 2.15. The lowest BCUT2D eigenvalue weighted by molar-refractivity contribution is 0.370. The Labute approximate surface area is 103 Å². The van der Waals surface area contributed by atoms with E-state index in [2.05, 4.69) is 5.92 Å². The van der Waals surface area contributed by atoms with Gasteiger partial charge >= 0.3 is 0 Å². The van der Waals surface area contributed by atoms with Gasteiger partial charge in [0.15, 0.2) is 5.75 Å². The van der Waals surface area contributed by atoms with Crippen molar-refractivity contribution in [1.29, 1.82) is 0 Å². The van der Waals surface area contributed by atoms with Gasteiger partial charge in [0, 0.05) is 0 Å². The topological polar surface area (TPSA) is 69.4 Å². The van der Waals surface area contributed by atoms with Gasteiger partial charge in [-0.1, -0.05) is 29.1 Å². The van der Waals surface area contributed by atoms with Gasteiger partial charge in [-0.05, 0) is 12.1 Å². The van der Waals surface area contributed by atoms with E-state index in [0.717, 1.165) is 12.1 Å². The van der Waals surface area contributed by atoms with Crippen LogP contribution in [0, 0.1) is 12.3 Å². The van der Waals surface area contributed by atoms with E-state index in [1.165, 1.54) is 0 Å². The number of hydrogen-bond donors (Lipinski definition) is 1. The lowest BCUT2D eigenvalue weighted by Gasteiger charge is -2.08. The van der Waals surface area contributed by atoms with Crippen LogP contribution < -0.4 is 9.88 Å². The highest BCUT2D eigenvalue weighted by Crippen LogP contribution is 2.35. The van der Waals surface area contributed by atoms with Crippen LogP contribution in [0.4, 0.5) is 0 Å². The summed E-state index contributed by atoms with van der Waals surface area (Å²) in [6.45, 7) is -0.0197. The van der Waals surface area contributed by atoms with Crippen molar-refractivity contribution in [1.82, 2.24) is 0 Å².